The van der Waals surface area contributed by atoms with Crippen molar-refractivity contribution < 1.29 is 9.60 Å². The number of pyridine rings is 1. The Labute approximate surface area is 70.7 Å². The van der Waals surface area contributed by atoms with E-state index in [2.05, 4.69) is 26.1 Å². The Balaban J connectivity index is 3.09. The number of rotatable bonds is 1. The third kappa shape index (κ3) is 1.98. The topological polar surface area (TPSA) is 45.5 Å². The van der Waals surface area contributed by atoms with Crippen molar-refractivity contribution in [3.05, 3.63) is 28.2 Å². The Hall–Kier alpha value is -0.970. The molecule has 0 saturated carbocycles. The van der Waals surface area contributed by atoms with Gasteiger partial charge in [0.05, 0.1) is 6.21 Å². The van der Waals surface area contributed by atoms with Crippen LogP contribution in [0.1, 0.15) is 5.69 Å². The summed E-state index contributed by atoms with van der Waals surface area (Å²) in [4.78, 5) is 3.64. The third-order valence-corrected chi connectivity index (χ3v) is 1.45. The third-order valence-electron chi connectivity index (χ3n) is 1.02. The highest BCUT2D eigenvalue weighted by atomic mass is 79.9. The fourth-order valence-corrected chi connectivity index (χ4v) is 0.878. The van der Waals surface area contributed by atoms with E-state index in [-0.39, 0.29) is 5.69 Å². The molecule has 58 valence electrons. The molecule has 1 aromatic heterocycles. The Kier molecular flexibility index (Phi) is 2.53. The molecule has 1 N–H and O–H groups in total. The van der Waals surface area contributed by atoms with Crippen LogP contribution in [0.15, 0.2) is 21.9 Å². The Morgan fingerprint density at radius 2 is 2.45 bits per heavy atom. The van der Waals surface area contributed by atoms with E-state index in [1.165, 1.54) is 12.3 Å². The zero-order valence-electron chi connectivity index (χ0n) is 5.33. The van der Waals surface area contributed by atoms with E-state index >= 15 is 0 Å². The van der Waals surface area contributed by atoms with Gasteiger partial charge in [-0.3, -0.25) is 4.98 Å². The van der Waals surface area contributed by atoms with Gasteiger partial charge in [0.15, 0.2) is 5.82 Å². The van der Waals surface area contributed by atoms with Crippen LogP contribution in [-0.2, 0) is 0 Å². The molecule has 1 rings (SSSR count). The van der Waals surface area contributed by atoms with E-state index in [4.69, 9.17) is 5.21 Å². The van der Waals surface area contributed by atoms with E-state index < -0.39 is 5.82 Å². The monoisotopic (exact) mass is 218 g/mol. The number of nitrogens with zero attached hydrogens (tertiary/aromatic N) is 2. The molecular weight excluding hydrogens is 215 g/mol. The Morgan fingerprint density at radius 1 is 1.73 bits per heavy atom. The average Bonchev–Trinajstić information content (AvgIpc) is 1.95. The lowest BCUT2D eigenvalue weighted by Gasteiger charge is -1.93. The van der Waals surface area contributed by atoms with Crippen LogP contribution in [0.25, 0.3) is 0 Å². The lowest BCUT2D eigenvalue weighted by molar-refractivity contribution is 0.321. The van der Waals surface area contributed by atoms with Crippen molar-refractivity contribution in [1.29, 1.82) is 0 Å². The first-order valence-electron chi connectivity index (χ1n) is 2.72. The Morgan fingerprint density at radius 3 is 3.00 bits per heavy atom. The maximum absolute atomic E-state index is 12.7. The van der Waals surface area contributed by atoms with Crippen LogP contribution in [0, 0.1) is 5.82 Å². The fourth-order valence-electron chi connectivity index (χ4n) is 0.575. The predicted molar refractivity (Wildman–Crippen MR) is 41.3 cm³/mol. The summed E-state index contributed by atoms with van der Waals surface area (Å²) in [5, 5.41) is 10.7. The highest BCUT2D eigenvalue weighted by molar-refractivity contribution is 9.10. The van der Waals surface area contributed by atoms with Crippen LogP contribution in [-0.4, -0.2) is 16.4 Å². The van der Waals surface area contributed by atoms with Crippen molar-refractivity contribution in [2.75, 3.05) is 0 Å². The number of aromatic nitrogens is 1. The number of hydrogen-bond donors (Lipinski definition) is 1. The summed E-state index contributed by atoms with van der Waals surface area (Å²) in [5.41, 5.74) is 0.00991. The summed E-state index contributed by atoms with van der Waals surface area (Å²) in [6.45, 7) is 0. The van der Waals surface area contributed by atoms with E-state index in [0.29, 0.717) is 4.47 Å². The number of oxime groups is 1. The first kappa shape index (κ1) is 8.13. The minimum atomic E-state index is -0.530. The van der Waals surface area contributed by atoms with Gasteiger partial charge >= 0.3 is 0 Å². The summed E-state index contributed by atoms with van der Waals surface area (Å²) in [6.07, 6.45) is 2.35. The standard InChI is InChI=1S/C6H4BrFN2O/c7-4-1-5(8)6(3-10-11)9-2-4/h1-3,11H/b10-3-. The fraction of sp³-hybridized carbons (Fsp3) is 0. The van der Waals surface area contributed by atoms with Gasteiger partial charge in [-0.05, 0) is 22.0 Å². The van der Waals surface area contributed by atoms with Gasteiger partial charge in [-0.25, -0.2) is 4.39 Å². The quantitative estimate of drug-likeness (QED) is 0.444. The second-order valence-corrected chi connectivity index (χ2v) is 2.68. The molecule has 1 aromatic rings. The molecule has 0 spiro atoms. The van der Waals surface area contributed by atoms with Crippen molar-refractivity contribution in [2.24, 2.45) is 5.16 Å². The molecule has 0 aliphatic heterocycles. The zero-order chi connectivity index (χ0) is 8.27. The highest BCUT2D eigenvalue weighted by Gasteiger charge is 2.00. The summed E-state index contributed by atoms with van der Waals surface area (Å²) < 4.78 is 13.3. The molecule has 0 aliphatic carbocycles. The van der Waals surface area contributed by atoms with Gasteiger partial charge < -0.3 is 5.21 Å². The van der Waals surface area contributed by atoms with Crippen molar-refractivity contribution in [2.45, 2.75) is 0 Å². The minimum Gasteiger partial charge on any atom is -0.411 e. The lowest BCUT2D eigenvalue weighted by atomic mass is 10.3. The number of hydrogen-bond acceptors (Lipinski definition) is 3. The summed E-state index contributed by atoms with van der Waals surface area (Å²) in [7, 11) is 0. The molecule has 0 radical (unpaired) electrons. The van der Waals surface area contributed by atoms with E-state index in [0.717, 1.165) is 6.21 Å². The molecule has 0 amide bonds. The first-order chi connectivity index (χ1) is 5.24. The van der Waals surface area contributed by atoms with Gasteiger partial charge in [0.2, 0.25) is 0 Å². The largest absolute Gasteiger partial charge is 0.411 e. The molecule has 0 saturated heterocycles. The van der Waals surface area contributed by atoms with E-state index in [1.54, 1.807) is 0 Å². The highest BCUT2D eigenvalue weighted by Crippen LogP contribution is 2.10. The molecule has 3 nitrogen and oxygen atoms in total. The minimum absolute atomic E-state index is 0.00991. The SMILES string of the molecule is O/N=C\c1ncc(Br)cc1F. The van der Waals surface area contributed by atoms with E-state index in [9.17, 15) is 4.39 Å². The predicted octanol–water partition coefficient (Wildman–Crippen LogP) is 1.79. The van der Waals surface area contributed by atoms with Gasteiger partial charge in [-0.1, -0.05) is 5.16 Å². The van der Waals surface area contributed by atoms with Gasteiger partial charge in [0.25, 0.3) is 0 Å². The van der Waals surface area contributed by atoms with Gasteiger partial charge in [-0.15, -0.1) is 0 Å². The summed E-state index contributed by atoms with van der Waals surface area (Å²) in [5.74, 6) is -0.530. The maximum Gasteiger partial charge on any atom is 0.151 e. The zero-order valence-corrected chi connectivity index (χ0v) is 6.92. The molecule has 0 unspecified atom stereocenters. The second-order valence-electron chi connectivity index (χ2n) is 1.77. The van der Waals surface area contributed by atoms with Crippen LogP contribution in [0.5, 0.6) is 0 Å². The summed E-state index contributed by atoms with van der Waals surface area (Å²) in [6, 6.07) is 1.24. The van der Waals surface area contributed by atoms with Gasteiger partial charge in [0.1, 0.15) is 5.69 Å². The smallest absolute Gasteiger partial charge is 0.151 e. The van der Waals surface area contributed by atoms with Gasteiger partial charge in [-0.2, -0.15) is 0 Å². The molecule has 1 heterocycles. The van der Waals surface area contributed by atoms with Crippen molar-refractivity contribution in [1.82, 2.24) is 4.98 Å². The lowest BCUT2D eigenvalue weighted by Crippen LogP contribution is -1.92. The van der Waals surface area contributed by atoms with Crippen LogP contribution >= 0.6 is 15.9 Å². The average molecular weight is 219 g/mol. The molecule has 5 heteroatoms. The second kappa shape index (κ2) is 3.43. The molecule has 0 aromatic carbocycles. The number of halogens is 2. The van der Waals surface area contributed by atoms with Crippen molar-refractivity contribution in [3.8, 4) is 0 Å². The van der Waals surface area contributed by atoms with Crippen molar-refractivity contribution >= 4 is 22.1 Å². The van der Waals surface area contributed by atoms with Gasteiger partial charge in [0, 0.05) is 10.7 Å². The molecule has 0 bridgehead atoms. The molecule has 0 fully saturated rings. The first-order valence-corrected chi connectivity index (χ1v) is 3.52. The normalized spacial score (nSPS) is 10.7. The Bertz CT molecular complexity index is 290. The van der Waals surface area contributed by atoms with Crippen LogP contribution in [0.4, 0.5) is 4.39 Å². The van der Waals surface area contributed by atoms with Crippen LogP contribution < -0.4 is 0 Å². The van der Waals surface area contributed by atoms with Crippen LogP contribution in [0.2, 0.25) is 0 Å². The molecule has 11 heavy (non-hydrogen) atoms. The molecular formula is C6H4BrFN2O. The molecule has 0 aliphatic rings. The maximum atomic E-state index is 12.7. The molecule has 0 atom stereocenters. The van der Waals surface area contributed by atoms with Crippen molar-refractivity contribution in [3.63, 3.8) is 0 Å². The van der Waals surface area contributed by atoms with Crippen LogP contribution in [0.3, 0.4) is 0 Å². The summed E-state index contributed by atoms with van der Waals surface area (Å²) >= 11 is 3.04. The van der Waals surface area contributed by atoms with E-state index in [1.807, 2.05) is 0 Å².